The lowest BCUT2D eigenvalue weighted by Gasteiger charge is -2.57. The molecular weight excluding hydrogens is 330 g/mol. The van der Waals surface area contributed by atoms with Crippen molar-refractivity contribution < 1.29 is 19.1 Å². The number of rotatable bonds is 8. The van der Waals surface area contributed by atoms with E-state index in [9.17, 15) is 14.4 Å². The van der Waals surface area contributed by atoms with Crippen molar-refractivity contribution in [2.75, 3.05) is 13.7 Å². The quantitative estimate of drug-likeness (QED) is 0.377. The second kappa shape index (κ2) is 7.93. The first kappa shape index (κ1) is 20.7. The summed E-state index contributed by atoms with van der Waals surface area (Å²) in [7, 11) is 1.35. The molecule has 2 bridgehead atoms. The van der Waals surface area contributed by atoms with E-state index >= 15 is 0 Å². The molecule has 1 amide bonds. The Morgan fingerprint density at radius 2 is 1.96 bits per heavy atom. The van der Waals surface area contributed by atoms with Crippen molar-refractivity contribution in [3.8, 4) is 0 Å². The highest BCUT2D eigenvalue weighted by molar-refractivity contribution is 5.98. The van der Waals surface area contributed by atoms with E-state index < -0.39 is 12.0 Å². The maximum atomic E-state index is 12.8. The van der Waals surface area contributed by atoms with E-state index in [1.807, 2.05) is 13.8 Å². The van der Waals surface area contributed by atoms with Gasteiger partial charge in [-0.1, -0.05) is 39.3 Å². The number of methoxy groups -OCH3 is 1. The number of amides is 1. The van der Waals surface area contributed by atoms with Crippen molar-refractivity contribution in [1.82, 2.24) is 4.90 Å². The topological polar surface area (TPSA) is 63.7 Å². The Kier molecular flexibility index (Phi) is 6.30. The minimum Gasteiger partial charge on any atom is -0.467 e. The molecule has 0 aromatic rings. The first-order valence-corrected chi connectivity index (χ1v) is 9.63. The molecule has 0 aliphatic heterocycles. The molecule has 3 aliphatic carbocycles. The molecule has 3 rings (SSSR count). The predicted octanol–water partition coefficient (Wildman–Crippen LogP) is 3.37. The Balaban J connectivity index is 2.28. The highest BCUT2D eigenvalue weighted by Crippen LogP contribution is 2.59. The lowest BCUT2D eigenvalue weighted by molar-refractivity contribution is -0.154. The third-order valence-corrected chi connectivity index (χ3v) is 6.20. The Bertz CT molecular complexity index is 605. The van der Waals surface area contributed by atoms with Gasteiger partial charge in [0.1, 0.15) is 11.8 Å². The van der Waals surface area contributed by atoms with Crippen LogP contribution >= 0.6 is 0 Å². The zero-order valence-corrected chi connectivity index (χ0v) is 17.0. The van der Waals surface area contributed by atoms with Crippen LogP contribution in [0.1, 0.15) is 60.3 Å². The number of nitrogens with zero attached hydrogens (tertiary/aromatic N) is 1. The largest absolute Gasteiger partial charge is 0.467 e. The van der Waals surface area contributed by atoms with Gasteiger partial charge in [0.2, 0.25) is 5.91 Å². The second-order valence-corrected chi connectivity index (χ2v) is 8.89. The molecule has 0 aromatic carbocycles. The van der Waals surface area contributed by atoms with Crippen molar-refractivity contribution in [2.24, 2.45) is 23.2 Å². The summed E-state index contributed by atoms with van der Waals surface area (Å²) in [5.74, 6) is 0.522. The Morgan fingerprint density at radius 1 is 1.31 bits per heavy atom. The van der Waals surface area contributed by atoms with Crippen LogP contribution in [0.2, 0.25) is 0 Å². The van der Waals surface area contributed by atoms with Gasteiger partial charge in [0, 0.05) is 6.54 Å². The molecule has 0 spiro atoms. The van der Waals surface area contributed by atoms with Crippen LogP contribution in [0.5, 0.6) is 0 Å². The molecule has 0 heterocycles. The number of hydrogen-bond acceptors (Lipinski definition) is 4. The monoisotopic (exact) mass is 363 g/mol. The molecule has 0 N–H and O–H groups in total. The summed E-state index contributed by atoms with van der Waals surface area (Å²) >= 11 is 0. The first-order valence-electron chi connectivity index (χ1n) is 9.63. The summed E-state index contributed by atoms with van der Waals surface area (Å²) in [4.78, 5) is 38.4. The lowest BCUT2D eigenvalue weighted by atomic mass is 9.49. The van der Waals surface area contributed by atoms with Crippen LogP contribution in [-0.2, 0) is 19.1 Å². The van der Waals surface area contributed by atoms with Crippen molar-refractivity contribution in [2.45, 2.75) is 66.3 Å². The van der Waals surface area contributed by atoms with Crippen LogP contribution in [0.3, 0.4) is 0 Å². The van der Waals surface area contributed by atoms with Gasteiger partial charge < -0.3 is 9.64 Å². The van der Waals surface area contributed by atoms with E-state index in [1.165, 1.54) is 19.6 Å². The smallest absolute Gasteiger partial charge is 0.328 e. The van der Waals surface area contributed by atoms with Crippen LogP contribution in [0.15, 0.2) is 11.6 Å². The fraction of sp³-hybridized carbons (Fsp3) is 0.762. The standard InChI is InChI=1S/C21H33NO4/c1-13(2)9-18(20(25)26-6)22(19(24)10-14(3)23)12-15-7-8-16-11-17(15)21(16,4)5/h7,13,16-18H,8-12H2,1-6H3/t16-,17-,18-/m0/s1. The Labute approximate surface area is 157 Å². The van der Waals surface area contributed by atoms with Crippen molar-refractivity contribution in [1.29, 1.82) is 0 Å². The van der Waals surface area contributed by atoms with E-state index in [1.54, 1.807) is 4.90 Å². The third kappa shape index (κ3) is 4.18. The molecule has 0 saturated heterocycles. The molecule has 1 fully saturated rings. The first-order chi connectivity index (χ1) is 12.1. The Morgan fingerprint density at radius 3 is 2.42 bits per heavy atom. The maximum absolute atomic E-state index is 12.8. The molecule has 3 atom stereocenters. The van der Waals surface area contributed by atoms with Crippen LogP contribution in [0.25, 0.3) is 0 Å². The van der Waals surface area contributed by atoms with Crippen LogP contribution < -0.4 is 0 Å². The van der Waals surface area contributed by atoms with Gasteiger partial charge in [0.15, 0.2) is 0 Å². The number of allylic oxidation sites excluding steroid dienone is 1. The number of Topliss-reactive ketones (excluding diaryl/α,β-unsaturated/α-hetero) is 1. The molecule has 5 heteroatoms. The molecule has 146 valence electrons. The van der Waals surface area contributed by atoms with Crippen molar-refractivity contribution in [3.63, 3.8) is 0 Å². The van der Waals surface area contributed by atoms with Crippen LogP contribution in [-0.4, -0.2) is 42.3 Å². The number of carbonyl (C=O) groups excluding carboxylic acids is 3. The van der Waals surface area contributed by atoms with Crippen LogP contribution in [0, 0.1) is 23.2 Å². The van der Waals surface area contributed by atoms with Gasteiger partial charge in [-0.2, -0.15) is 0 Å². The van der Waals surface area contributed by atoms with Gasteiger partial charge in [0.25, 0.3) is 0 Å². The summed E-state index contributed by atoms with van der Waals surface area (Å²) in [6, 6.07) is -0.645. The second-order valence-electron chi connectivity index (χ2n) is 8.89. The van der Waals surface area contributed by atoms with Crippen LogP contribution in [0.4, 0.5) is 0 Å². The summed E-state index contributed by atoms with van der Waals surface area (Å²) in [5.41, 5.74) is 1.48. The summed E-state index contributed by atoms with van der Waals surface area (Å²) in [5, 5.41) is 0. The number of hydrogen-bond donors (Lipinski definition) is 0. The van der Waals surface area contributed by atoms with E-state index in [0.29, 0.717) is 24.8 Å². The van der Waals surface area contributed by atoms with E-state index in [4.69, 9.17) is 4.74 Å². The molecular formula is C21H33NO4. The molecule has 3 aliphatic rings. The number of ether oxygens (including phenoxy) is 1. The number of fused-ring (bicyclic) bond motifs is 1. The molecule has 0 radical (unpaired) electrons. The van der Waals surface area contributed by atoms with Crippen molar-refractivity contribution >= 4 is 17.7 Å². The number of esters is 1. The van der Waals surface area contributed by atoms with Gasteiger partial charge in [-0.3, -0.25) is 9.59 Å². The number of ketones is 1. The third-order valence-electron chi connectivity index (χ3n) is 6.20. The zero-order chi connectivity index (χ0) is 19.6. The highest BCUT2D eigenvalue weighted by atomic mass is 16.5. The van der Waals surface area contributed by atoms with Gasteiger partial charge in [0.05, 0.1) is 13.5 Å². The summed E-state index contributed by atoms with van der Waals surface area (Å²) < 4.78 is 4.98. The summed E-state index contributed by atoms with van der Waals surface area (Å²) in [6.07, 6.45) is 4.78. The SMILES string of the molecule is COC(=O)[C@H](CC(C)C)N(CC1=CC[C@H]2C[C@@H]1C2(C)C)C(=O)CC(C)=O. The van der Waals surface area contributed by atoms with Gasteiger partial charge in [-0.15, -0.1) is 0 Å². The normalized spacial score (nSPS) is 24.3. The minimum atomic E-state index is -0.645. The van der Waals surface area contributed by atoms with Crippen molar-refractivity contribution in [3.05, 3.63) is 11.6 Å². The molecule has 5 nitrogen and oxygen atoms in total. The molecule has 0 aromatic heterocycles. The van der Waals surface area contributed by atoms with E-state index in [-0.39, 0.29) is 29.4 Å². The molecule has 0 unspecified atom stereocenters. The Hall–Kier alpha value is -1.65. The zero-order valence-electron chi connectivity index (χ0n) is 17.0. The highest BCUT2D eigenvalue weighted by Gasteiger charge is 2.51. The predicted molar refractivity (Wildman–Crippen MR) is 100 cm³/mol. The fourth-order valence-electron chi connectivity index (χ4n) is 4.47. The van der Waals surface area contributed by atoms with Gasteiger partial charge >= 0.3 is 5.97 Å². The maximum Gasteiger partial charge on any atom is 0.328 e. The fourth-order valence-corrected chi connectivity index (χ4v) is 4.47. The summed E-state index contributed by atoms with van der Waals surface area (Å²) in [6.45, 7) is 10.4. The lowest BCUT2D eigenvalue weighted by Crippen LogP contribution is -2.53. The van der Waals surface area contributed by atoms with E-state index in [2.05, 4.69) is 19.9 Å². The minimum absolute atomic E-state index is 0.171. The van der Waals surface area contributed by atoms with Gasteiger partial charge in [-0.25, -0.2) is 4.79 Å². The average Bonchev–Trinajstić information content (AvgIpc) is 2.56. The molecule has 1 saturated carbocycles. The average molecular weight is 363 g/mol. The molecule has 26 heavy (non-hydrogen) atoms. The van der Waals surface area contributed by atoms with Gasteiger partial charge in [-0.05, 0) is 49.4 Å². The van der Waals surface area contributed by atoms with E-state index in [0.717, 1.165) is 12.8 Å². The number of carbonyl (C=O) groups is 3.